The van der Waals surface area contributed by atoms with E-state index in [0.717, 1.165) is 5.56 Å². The first kappa shape index (κ1) is 19.4. The summed E-state index contributed by atoms with van der Waals surface area (Å²) >= 11 is 0. The molecule has 1 aromatic carbocycles. The molecule has 136 valence electrons. The maximum absolute atomic E-state index is 12.5. The number of aromatic nitrogens is 1. The summed E-state index contributed by atoms with van der Waals surface area (Å²) in [5.74, 6) is 0.520. The quantitative estimate of drug-likeness (QED) is 0.849. The molecule has 1 aliphatic heterocycles. The molecule has 1 fully saturated rings. The minimum Gasteiger partial charge on any atom is -0.444 e. The highest BCUT2D eigenvalue weighted by Crippen LogP contribution is 2.29. The Hall–Kier alpha value is -1.89. The van der Waals surface area contributed by atoms with Gasteiger partial charge in [-0.05, 0) is 31.9 Å². The van der Waals surface area contributed by atoms with Gasteiger partial charge in [-0.2, -0.15) is 0 Å². The van der Waals surface area contributed by atoms with E-state index < -0.39 is 5.41 Å². The lowest BCUT2D eigenvalue weighted by atomic mass is 9.79. The van der Waals surface area contributed by atoms with Crippen LogP contribution in [0.15, 0.2) is 34.9 Å². The van der Waals surface area contributed by atoms with Crippen LogP contribution < -0.4 is 11.1 Å². The third-order valence-electron chi connectivity index (χ3n) is 4.60. The van der Waals surface area contributed by atoms with Crippen LogP contribution in [0.3, 0.4) is 0 Å². The molecule has 2 heterocycles. The predicted molar refractivity (Wildman–Crippen MR) is 97.3 cm³/mol. The van der Waals surface area contributed by atoms with Gasteiger partial charge in [-0.3, -0.25) is 4.79 Å². The highest BCUT2D eigenvalue weighted by molar-refractivity contribution is 5.85. The zero-order chi connectivity index (χ0) is 17.0. The van der Waals surface area contributed by atoms with Crippen LogP contribution in [-0.2, 0) is 16.1 Å². The Morgan fingerprint density at radius 3 is 2.60 bits per heavy atom. The van der Waals surface area contributed by atoms with Crippen molar-refractivity contribution < 1.29 is 13.9 Å². The smallest absolute Gasteiger partial charge is 0.227 e. The van der Waals surface area contributed by atoms with Gasteiger partial charge in [-0.15, -0.1) is 12.4 Å². The van der Waals surface area contributed by atoms with Gasteiger partial charge < -0.3 is 20.2 Å². The molecule has 0 saturated carbocycles. The normalized spacial score (nSPS) is 16.1. The predicted octanol–water partition coefficient (Wildman–Crippen LogP) is 2.44. The van der Waals surface area contributed by atoms with Crippen molar-refractivity contribution >= 4 is 18.3 Å². The highest BCUT2D eigenvalue weighted by Gasteiger charge is 2.38. The largest absolute Gasteiger partial charge is 0.444 e. The summed E-state index contributed by atoms with van der Waals surface area (Å²) in [5.41, 5.74) is 8.12. The van der Waals surface area contributed by atoms with Crippen LogP contribution in [-0.4, -0.2) is 30.6 Å². The van der Waals surface area contributed by atoms with Crippen LogP contribution in [0.4, 0.5) is 0 Å². The van der Waals surface area contributed by atoms with Gasteiger partial charge in [-0.1, -0.05) is 17.7 Å². The lowest BCUT2D eigenvalue weighted by Gasteiger charge is -2.34. The van der Waals surface area contributed by atoms with E-state index in [9.17, 15) is 4.79 Å². The monoisotopic (exact) mass is 365 g/mol. The van der Waals surface area contributed by atoms with Crippen LogP contribution in [0.5, 0.6) is 0 Å². The third kappa shape index (κ3) is 4.39. The number of nitrogens with two attached hydrogens (primary N) is 1. The number of hydrogen-bond donors (Lipinski definition) is 2. The van der Waals surface area contributed by atoms with Crippen LogP contribution in [0, 0.1) is 12.3 Å². The molecule has 1 aromatic heterocycles. The van der Waals surface area contributed by atoms with E-state index in [-0.39, 0.29) is 18.3 Å². The molecule has 3 rings (SSSR count). The molecule has 0 radical (unpaired) electrons. The number of benzene rings is 1. The standard InChI is InChI=1S/C18H23N3O3.ClH/c1-13-2-4-14(5-3-13)16-21-15(11-24-16)10-20-17(22)18(12-19)6-8-23-9-7-18;/h2-5,11H,6-10,12,19H2,1H3,(H,20,22);1H. The van der Waals surface area contributed by atoms with Gasteiger partial charge in [0.2, 0.25) is 11.8 Å². The molecule has 6 nitrogen and oxygen atoms in total. The number of oxazole rings is 1. The highest BCUT2D eigenvalue weighted by atomic mass is 35.5. The summed E-state index contributed by atoms with van der Waals surface area (Å²) in [7, 11) is 0. The molecule has 1 amide bonds. The van der Waals surface area contributed by atoms with Gasteiger partial charge in [-0.25, -0.2) is 4.98 Å². The molecule has 0 unspecified atom stereocenters. The van der Waals surface area contributed by atoms with Gasteiger partial charge in [0.05, 0.1) is 17.7 Å². The molecule has 0 atom stereocenters. The fraction of sp³-hybridized carbons (Fsp3) is 0.444. The molecule has 3 N–H and O–H groups in total. The summed E-state index contributed by atoms with van der Waals surface area (Å²) in [6.45, 7) is 3.84. The number of nitrogens with one attached hydrogen (secondary N) is 1. The van der Waals surface area contributed by atoms with E-state index >= 15 is 0 Å². The minimum absolute atomic E-state index is 0. The van der Waals surface area contributed by atoms with E-state index in [1.807, 2.05) is 31.2 Å². The van der Waals surface area contributed by atoms with Crippen LogP contribution in [0.1, 0.15) is 24.1 Å². The molecule has 0 aliphatic carbocycles. The Labute approximate surface area is 153 Å². The summed E-state index contributed by atoms with van der Waals surface area (Å²) in [6, 6.07) is 7.96. The number of nitrogens with zero attached hydrogens (tertiary/aromatic N) is 1. The fourth-order valence-electron chi connectivity index (χ4n) is 2.86. The Morgan fingerprint density at radius 1 is 1.28 bits per heavy atom. The van der Waals surface area contributed by atoms with E-state index in [1.54, 1.807) is 6.26 Å². The van der Waals surface area contributed by atoms with E-state index in [0.29, 0.717) is 50.7 Å². The first-order chi connectivity index (χ1) is 11.6. The van der Waals surface area contributed by atoms with Gasteiger partial charge in [0, 0.05) is 25.3 Å². The summed E-state index contributed by atoms with van der Waals surface area (Å²) in [4.78, 5) is 17.0. The number of hydrogen-bond acceptors (Lipinski definition) is 5. The Morgan fingerprint density at radius 2 is 1.96 bits per heavy atom. The lowest BCUT2D eigenvalue weighted by molar-refractivity contribution is -0.136. The Balaban J connectivity index is 0.00000225. The first-order valence-corrected chi connectivity index (χ1v) is 8.20. The second kappa shape index (κ2) is 8.47. The van der Waals surface area contributed by atoms with Crippen LogP contribution in [0.25, 0.3) is 11.5 Å². The SMILES string of the molecule is Cc1ccc(-c2nc(CNC(=O)C3(CN)CCOCC3)co2)cc1.Cl. The van der Waals surface area contributed by atoms with Gasteiger partial charge in [0.1, 0.15) is 6.26 Å². The molecule has 0 spiro atoms. The van der Waals surface area contributed by atoms with Crippen molar-refractivity contribution in [2.45, 2.75) is 26.3 Å². The molecule has 1 aliphatic rings. The van der Waals surface area contributed by atoms with E-state index in [1.165, 1.54) is 5.56 Å². The van der Waals surface area contributed by atoms with E-state index in [2.05, 4.69) is 10.3 Å². The second-order valence-corrected chi connectivity index (χ2v) is 6.29. The minimum atomic E-state index is -0.526. The number of aryl methyl sites for hydroxylation is 1. The zero-order valence-electron chi connectivity index (χ0n) is 14.3. The van der Waals surface area contributed by atoms with Crippen molar-refractivity contribution in [1.82, 2.24) is 10.3 Å². The van der Waals surface area contributed by atoms with E-state index in [4.69, 9.17) is 14.9 Å². The maximum atomic E-state index is 12.5. The van der Waals surface area contributed by atoms with Crippen molar-refractivity contribution in [3.8, 4) is 11.5 Å². The fourth-order valence-corrected chi connectivity index (χ4v) is 2.86. The van der Waals surface area contributed by atoms with Gasteiger partial charge >= 0.3 is 0 Å². The molecule has 25 heavy (non-hydrogen) atoms. The number of ether oxygens (including phenoxy) is 1. The van der Waals surface area contributed by atoms with Crippen molar-refractivity contribution in [3.63, 3.8) is 0 Å². The third-order valence-corrected chi connectivity index (χ3v) is 4.60. The number of carbonyl (C=O) groups is 1. The Kier molecular flexibility index (Phi) is 6.58. The molecule has 7 heteroatoms. The number of rotatable bonds is 5. The summed E-state index contributed by atoms with van der Waals surface area (Å²) in [5, 5.41) is 2.94. The average Bonchev–Trinajstić information content (AvgIpc) is 3.10. The van der Waals surface area contributed by atoms with Crippen molar-refractivity contribution in [2.75, 3.05) is 19.8 Å². The first-order valence-electron chi connectivity index (χ1n) is 8.20. The van der Waals surface area contributed by atoms with Crippen molar-refractivity contribution in [3.05, 3.63) is 41.8 Å². The van der Waals surface area contributed by atoms with Gasteiger partial charge in [0.15, 0.2) is 0 Å². The summed E-state index contributed by atoms with van der Waals surface area (Å²) < 4.78 is 10.9. The summed E-state index contributed by atoms with van der Waals surface area (Å²) in [6.07, 6.45) is 2.89. The maximum Gasteiger partial charge on any atom is 0.227 e. The molecular weight excluding hydrogens is 342 g/mol. The average molecular weight is 366 g/mol. The molecule has 1 saturated heterocycles. The van der Waals surface area contributed by atoms with Crippen LogP contribution >= 0.6 is 12.4 Å². The number of halogens is 1. The molecular formula is C18H24ClN3O3. The Bertz CT molecular complexity index is 694. The topological polar surface area (TPSA) is 90.4 Å². The molecule has 0 bridgehead atoms. The van der Waals surface area contributed by atoms with Crippen molar-refractivity contribution in [2.24, 2.45) is 11.1 Å². The lowest BCUT2D eigenvalue weighted by Crippen LogP contribution is -2.49. The van der Waals surface area contributed by atoms with Crippen molar-refractivity contribution in [1.29, 1.82) is 0 Å². The zero-order valence-corrected chi connectivity index (χ0v) is 15.1. The van der Waals surface area contributed by atoms with Crippen LogP contribution in [0.2, 0.25) is 0 Å². The number of amides is 1. The van der Waals surface area contributed by atoms with Gasteiger partial charge in [0.25, 0.3) is 0 Å². The number of carbonyl (C=O) groups excluding carboxylic acids is 1. The second-order valence-electron chi connectivity index (χ2n) is 6.29. The molecule has 2 aromatic rings.